The van der Waals surface area contributed by atoms with E-state index in [0.717, 1.165) is 32.1 Å². The van der Waals surface area contributed by atoms with Gasteiger partial charge in [0.2, 0.25) is 5.88 Å². The first kappa shape index (κ1) is 21.6. The molecule has 2 atom stereocenters. The standard InChI is InChI=1S/C24H27FN4O4/c1-14-11-26-12-19(27-14)33-22(31)29-24-9-15-6-16(10-24)8-23(7-15,13-24)28-21(30)17-4-3-5-18(32-2)20(17)25/h3-5,11-12,15-16H,6-10,13H2,1-2H3,(H,28,30)(H,29,31). The summed E-state index contributed by atoms with van der Waals surface area (Å²) in [7, 11) is 1.37. The van der Waals surface area contributed by atoms with Gasteiger partial charge in [-0.15, -0.1) is 0 Å². The summed E-state index contributed by atoms with van der Waals surface area (Å²) in [6.45, 7) is 1.77. The van der Waals surface area contributed by atoms with E-state index in [-0.39, 0.29) is 17.2 Å². The van der Waals surface area contributed by atoms with E-state index in [1.54, 1.807) is 19.2 Å². The van der Waals surface area contributed by atoms with E-state index in [0.29, 0.717) is 24.0 Å². The van der Waals surface area contributed by atoms with E-state index in [1.807, 2.05) is 0 Å². The van der Waals surface area contributed by atoms with Gasteiger partial charge in [-0.25, -0.2) is 14.2 Å². The average Bonchev–Trinajstić information content (AvgIpc) is 2.72. The van der Waals surface area contributed by atoms with Gasteiger partial charge in [-0.2, -0.15) is 0 Å². The highest BCUT2D eigenvalue weighted by Crippen LogP contribution is 2.57. The summed E-state index contributed by atoms with van der Waals surface area (Å²) >= 11 is 0. The molecular weight excluding hydrogens is 427 g/mol. The van der Waals surface area contributed by atoms with Crippen LogP contribution in [0.1, 0.15) is 54.6 Å². The Morgan fingerprint density at radius 1 is 1.09 bits per heavy atom. The first-order valence-corrected chi connectivity index (χ1v) is 11.2. The molecule has 4 aliphatic rings. The number of amides is 2. The number of carbonyl (C=O) groups is 2. The average molecular weight is 455 g/mol. The maximum absolute atomic E-state index is 14.7. The Hall–Kier alpha value is -3.23. The van der Waals surface area contributed by atoms with Crippen LogP contribution >= 0.6 is 0 Å². The third-order valence-corrected chi connectivity index (χ3v) is 7.17. The fourth-order valence-corrected chi connectivity index (χ4v) is 6.53. The van der Waals surface area contributed by atoms with Gasteiger partial charge >= 0.3 is 6.09 Å². The van der Waals surface area contributed by atoms with Crippen molar-refractivity contribution >= 4 is 12.0 Å². The highest BCUT2D eigenvalue weighted by atomic mass is 19.1. The molecule has 4 aliphatic carbocycles. The van der Waals surface area contributed by atoms with Crippen LogP contribution in [0.2, 0.25) is 0 Å². The molecule has 174 valence electrons. The molecule has 0 spiro atoms. The molecular formula is C24H27FN4O4. The molecule has 6 rings (SSSR count). The number of nitrogens with one attached hydrogen (secondary N) is 2. The van der Waals surface area contributed by atoms with Crippen molar-refractivity contribution in [3.05, 3.63) is 47.7 Å². The lowest BCUT2D eigenvalue weighted by Gasteiger charge is -2.62. The number of hydrogen-bond donors (Lipinski definition) is 2. The summed E-state index contributed by atoms with van der Waals surface area (Å²) in [5.41, 5.74) is -0.350. The highest BCUT2D eigenvalue weighted by molar-refractivity contribution is 5.95. The van der Waals surface area contributed by atoms with Crippen LogP contribution in [0, 0.1) is 24.6 Å². The van der Waals surface area contributed by atoms with Gasteiger partial charge in [0.15, 0.2) is 11.6 Å². The van der Waals surface area contributed by atoms with Gasteiger partial charge in [0.25, 0.3) is 5.91 Å². The molecule has 0 aliphatic heterocycles. The summed E-state index contributed by atoms with van der Waals surface area (Å²) in [6, 6.07) is 4.55. The minimum atomic E-state index is -0.669. The van der Waals surface area contributed by atoms with Crippen LogP contribution in [-0.4, -0.2) is 40.2 Å². The molecule has 2 aromatic rings. The fourth-order valence-electron chi connectivity index (χ4n) is 6.53. The molecule has 33 heavy (non-hydrogen) atoms. The lowest BCUT2D eigenvalue weighted by atomic mass is 9.50. The van der Waals surface area contributed by atoms with Crippen molar-refractivity contribution in [3.63, 3.8) is 0 Å². The zero-order chi connectivity index (χ0) is 23.2. The number of methoxy groups -OCH3 is 1. The van der Waals surface area contributed by atoms with Crippen molar-refractivity contribution in [3.8, 4) is 11.6 Å². The first-order valence-electron chi connectivity index (χ1n) is 11.2. The molecule has 2 amide bonds. The summed E-state index contributed by atoms with van der Waals surface area (Å²) in [6.07, 6.45) is 7.39. The Labute approximate surface area is 191 Å². The molecule has 2 unspecified atom stereocenters. The number of carbonyl (C=O) groups excluding carboxylic acids is 2. The lowest BCUT2D eigenvalue weighted by molar-refractivity contribution is -0.0450. The Bertz CT molecular complexity index is 1090. The quantitative estimate of drug-likeness (QED) is 0.717. The highest BCUT2D eigenvalue weighted by Gasteiger charge is 2.59. The predicted molar refractivity (Wildman–Crippen MR) is 116 cm³/mol. The van der Waals surface area contributed by atoms with E-state index in [1.165, 1.54) is 25.4 Å². The Morgan fingerprint density at radius 2 is 1.79 bits per heavy atom. The van der Waals surface area contributed by atoms with Crippen molar-refractivity contribution in [2.45, 2.75) is 56.5 Å². The van der Waals surface area contributed by atoms with Gasteiger partial charge in [0.1, 0.15) is 0 Å². The van der Waals surface area contributed by atoms with Gasteiger partial charge in [-0.1, -0.05) is 6.07 Å². The molecule has 8 nitrogen and oxygen atoms in total. The van der Waals surface area contributed by atoms with E-state index >= 15 is 0 Å². The third kappa shape index (κ3) is 4.12. The molecule has 2 N–H and O–H groups in total. The number of benzene rings is 1. The van der Waals surface area contributed by atoms with Gasteiger partial charge in [-0.05, 0) is 69.4 Å². The van der Waals surface area contributed by atoms with E-state index in [4.69, 9.17) is 9.47 Å². The molecule has 1 heterocycles. The zero-order valence-corrected chi connectivity index (χ0v) is 18.7. The number of ether oxygens (including phenoxy) is 2. The fraction of sp³-hybridized carbons (Fsp3) is 0.500. The molecule has 4 saturated carbocycles. The molecule has 0 saturated heterocycles. The second-order valence-corrected chi connectivity index (χ2v) is 9.81. The third-order valence-electron chi connectivity index (χ3n) is 7.17. The summed E-state index contributed by atoms with van der Waals surface area (Å²) in [5.74, 6) is -0.192. The monoisotopic (exact) mass is 454 g/mol. The van der Waals surface area contributed by atoms with Gasteiger partial charge in [-0.3, -0.25) is 9.78 Å². The van der Waals surface area contributed by atoms with Crippen LogP contribution in [0.15, 0.2) is 30.6 Å². The van der Waals surface area contributed by atoms with Crippen molar-refractivity contribution in [2.24, 2.45) is 11.8 Å². The van der Waals surface area contributed by atoms with Crippen molar-refractivity contribution in [1.82, 2.24) is 20.6 Å². The van der Waals surface area contributed by atoms with Crippen LogP contribution in [0.4, 0.5) is 9.18 Å². The zero-order valence-electron chi connectivity index (χ0n) is 18.7. The second kappa shape index (κ2) is 7.97. The topological polar surface area (TPSA) is 102 Å². The van der Waals surface area contributed by atoms with Crippen molar-refractivity contribution < 1.29 is 23.5 Å². The summed E-state index contributed by atoms with van der Waals surface area (Å²) < 4.78 is 25.1. The van der Waals surface area contributed by atoms with E-state index in [2.05, 4.69) is 20.6 Å². The Balaban J connectivity index is 1.34. The number of nitrogens with zero attached hydrogens (tertiary/aromatic N) is 2. The van der Waals surface area contributed by atoms with Crippen molar-refractivity contribution in [1.29, 1.82) is 0 Å². The van der Waals surface area contributed by atoms with Crippen LogP contribution in [0.25, 0.3) is 0 Å². The van der Waals surface area contributed by atoms with Crippen molar-refractivity contribution in [2.75, 3.05) is 7.11 Å². The van der Waals surface area contributed by atoms with Crippen LogP contribution in [-0.2, 0) is 0 Å². The molecule has 1 aromatic heterocycles. The summed E-state index contributed by atoms with van der Waals surface area (Å²) in [4.78, 5) is 34.0. The SMILES string of the molecule is COc1cccc(C(=O)NC23CC4CC(CC(NC(=O)Oc5cncc(C)n5)(C4)C2)C3)c1F. The van der Waals surface area contributed by atoms with Gasteiger partial charge in [0.05, 0.1) is 24.6 Å². The lowest BCUT2D eigenvalue weighted by Crippen LogP contribution is -2.70. The van der Waals surface area contributed by atoms with Gasteiger partial charge < -0.3 is 20.1 Å². The maximum atomic E-state index is 14.7. The number of aromatic nitrogens is 2. The van der Waals surface area contributed by atoms with E-state index in [9.17, 15) is 14.0 Å². The number of halogens is 1. The number of rotatable bonds is 5. The van der Waals surface area contributed by atoms with E-state index < -0.39 is 28.9 Å². The Morgan fingerprint density at radius 3 is 2.45 bits per heavy atom. The molecule has 4 bridgehead atoms. The summed E-state index contributed by atoms with van der Waals surface area (Å²) in [5, 5.41) is 6.22. The first-order chi connectivity index (χ1) is 15.8. The molecule has 9 heteroatoms. The smallest absolute Gasteiger partial charge is 0.414 e. The van der Waals surface area contributed by atoms with Crippen LogP contribution in [0.5, 0.6) is 11.6 Å². The van der Waals surface area contributed by atoms with Crippen LogP contribution < -0.4 is 20.1 Å². The molecule has 1 aromatic carbocycles. The normalized spacial score (nSPS) is 29.4. The number of hydrogen-bond acceptors (Lipinski definition) is 6. The molecule has 4 fully saturated rings. The predicted octanol–water partition coefficient (Wildman–Crippen LogP) is 3.54. The minimum absolute atomic E-state index is 0.0355. The minimum Gasteiger partial charge on any atom is -0.494 e. The number of aryl methyl sites for hydroxylation is 1. The Kier molecular flexibility index (Phi) is 5.22. The largest absolute Gasteiger partial charge is 0.494 e. The van der Waals surface area contributed by atoms with Gasteiger partial charge in [0, 0.05) is 17.3 Å². The molecule has 0 radical (unpaired) electrons. The van der Waals surface area contributed by atoms with Crippen LogP contribution in [0.3, 0.4) is 0 Å². The second-order valence-electron chi connectivity index (χ2n) is 9.81. The maximum Gasteiger partial charge on any atom is 0.414 e.